The molecule has 2 rings (SSSR count). The van der Waals surface area contributed by atoms with Crippen molar-refractivity contribution >= 4 is 17.9 Å². The van der Waals surface area contributed by atoms with Crippen LogP contribution < -0.4 is 11.2 Å². The summed E-state index contributed by atoms with van der Waals surface area (Å²) in [5.41, 5.74) is 11.2. The standard InChI is InChI=1S/C12H13N5/c1-9-4-2-3-5-11(9)17-16-8-10-6-14-12(13)15-7-10/h2-8,17H,1H3,(H2,13,14,15). The molecule has 2 aromatic rings. The van der Waals surface area contributed by atoms with E-state index in [1.807, 2.05) is 31.2 Å². The molecule has 0 saturated carbocycles. The fourth-order valence-electron chi connectivity index (χ4n) is 1.29. The van der Waals surface area contributed by atoms with Crippen LogP contribution in [0.25, 0.3) is 0 Å². The summed E-state index contributed by atoms with van der Waals surface area (Å²) < 4.78 is 0. The van der Waals surface area contributed by atoms with Crippen molar-refractivity contribution in [3.63, 3.8) is 0 Å². The van der Waals surface area contributed by atoms with Gasteiger partial charge in [-0.05, 0) is 18.6 Å². The van der Waals surface area contributed by atoms with Crippen LogP contribution in [0.5, 0.6) is 0 Å². The largest absolute Gasteiger partial charge is 0.368 e. The van der Waals surface area contributed by atoms with Crippen molar-refractivity contribution in [2.75, 3.05) is 11.2 Å². The molecule has 0 aliphatic heterocycles. The molecule has 86 valence electrons. The number of rotatable bonds is 3. The van der Waals surface area contributed by atoms with Crippen LogP contribution in [0.4, 0.5) is 11.6 Å². The first-order valence-electron chi connectivity index (χ1n) is 5.18. The van der Waals surface area contributed by atoms with Gasteiger partial charge in [-0.25, -0.2) is 9.97 Å². The second-order valence-electron chi connectivity index (χ2n) is 3.56. The molecular weight excluding hydrogens is 214 g/mol. The summed E-state index contributed by atoms with van der Waals surface area (Å²) in [6.07, 6.45) is 4.88. The molecule has 5 nitrogen and oxygen atoms in total. The van der Waals surface area contributed by atoms with Gasteiger partial charge in [0.1, 0.15) is 0 Å². The number of anilines is 2. The molecule has 0 amide bonds. The number of nitrogen functional groups attached to an aromatic ring is 1. The Kier molecular flexibility index (Phi) is 3.30. The molecule has 0 saturated heterocycles. The highest BCUT2D eigenvalue weighted by Gasteiger charge is 1.93. The maximum atomic E-state index is 5.38. The van der Waals surface area contributed by atoms with Gasteiger partial charge in [-0.2, -0.15) is 5.10 Å². The van der Waals surface area contributed by atoms with E-state index >= 15 is 0 Å². The predicted octanol–water partition coefficient (Wildman–Crippen LogP) is 1.81. The number of nitrogens with zero attached hydrogens (tertiary/aromatic N) is 3. The van der Waals surface area contributed by atoms with Gasteiger partial charge < -0.3 is 5.73 Å². The van der Waals surface area contributed by atoms with Crippen molar-refractivity contribution in [3.05, 3.63) is 47.8 Å². The molecule has 1 heterocycles. The number of hydrogen-bond donors (Lipinski definition) is 2. The van der Waals surface area contributed by atoms with Gasteiger partial charge in [-0.3, -0.25) is 5.43 Å². The Hall–Kier alpha value is -2.43. The van der Waals surface area contributed by atoms with Crippen molar-refractivity contribution in [3.8, 4) is 0 Å². The van der Waals surface area contributed by atoms with Crippen molar-refractivity contribution in [2.24, 2.45) is 5.10 Å². The van der Waals surface area contributed by atoms with Gasteiger partial charge in [0.15, 0.2) is 0 Å². The van der Waals surface area contributed by atoms with Gasteiger partial charge >= 0.3 is 0 Å². The van der Waals surface area contributed by atoms with Crippen molar-refractivity contribution in [1.29, 1.82) is 0 Å². The summed E-state index contributed by atoms with van der Waals surface area (Å²) >= 11 is 0. The fourth-order valence-corrected chi connectivity index (χ4v) is 1.29. The molecule has 0 aliphatic carbocycles. The van der Waals surface area contributed by atoms with E-state index in [-0.39, 0.29) is 5.95 Å². The maximum absolute atomic E-state index is 5.38. The summed E-state index contributed by atoms with van der Waals surface area (Å²) in [5.74, 6) is 0.258. The van der Waals surface area contributed by atoms with Crippen LogP contribution in [0, 0.1) is 6.92 Å². The van der Waals surface area contributed by atoms with Gasteiger partial charge in [0.25, 0.3) is 0 Å². The highest BCUT2D eigenvalue weighted by molar-refractivity contribution is 5.79. The van der Waals surface area contributed by atoms with Crippen LogP contribution in [0.3, 0.4) is 0 Å². The molecule has 5 heteroatoms. The summed E-state index contributed by atoms with van der Waals surface area (Å²) in [5, 5.41) is 4.11. The van der Waals surface area contributed by atoms with Gasteiger partial charge in [0, 0.05) is 18.0 Å². The minimum Gasteiger partial charge on any atom is -0.368 e. The number of aryl methyl sites for hydroxylation is 1. The Bertz CT molecular complexity index is 519. The smallest absolute Gasteiger partial charge is 0.219 e. The van der Waals surface area contributed by atoms with Gasteiger partial charge in [-0.1, -0.05) is 18.2 Å². The second-order valence-corrected chi connectivity index (χ2v) is 3.56. The minimum absolute atomic E-state index is 0.258. The van der Waals surface area contributed by atoms with Crippen molar-refractivity contribution < 1.29 is 0 Å². The van der Waals surface area contributed by atoms with Crippen LogP contribution in [0.15, 0.2) is 41.8 Å². The lowest BCUT2D eigenvalue weighted by molar-refractivity contribution is 1.18. The van der Waals surface area contributed by atoms with E-state index in [2.05, 4.69) is 20.5 Å². The van der Waals surface area contributed by atoms with E-state index < -0.39 is 0 Å². The van der Waals surface area contributed by atoms with Crippen LogP contribution in [-0.4, -0.2) is 16.2 Å². The minimum atomic E-state index is 0.258. The Morgan fingerprint density at radius 3 is 2.65 bits per heavy atom. The van der Waals surface area contributed by atoms with Gasteiger partial charge in [-0.15, -0.1) is 0 Å². The number of nitrogens with one attached hydrogen (secondary N) is 1. The summed E-state index contributed by atoms with van der Waals surface area (Å²) in [6.45, 7) is 2.02. The molecule has 0 spiro atoms. The number of para-hydroxylation sites is 1. The molecule has 1 aromatic carbocycles. The van der Waals surface area contributed by atoms with Crippen molar-refractivity contribution in [1.82, 2.24) is 9.97 Å². The van der Waals surface area contributed by atoms with E-state index in [4.69, 9.17) is 5.73 Å². The molecule has 0 radical (unpaired) electrons. The SMILES string of the molecule is Cc1ccccc1NN=Cc1cnc(N)nc1. The fraction of sp³-hybridized carbons (Fsp3) is 0.0833. The highest BCUT2D eigenvalue weighted by Crippen LogP contribution is 2.12. The Balaban J connectivity index is 2.03. The lowest BCUT2D eigenvalue weighted by atomic mass is 10.2. The monoisotopic (exact) mass is 227 g/mol. The highest BCUT2D eigenvalue weighted by atomic mass is 15.3. The van der Waals surface area contributed by atoms with Crippen LogP contribution >= 0.6 is 0 Å². The third-order valence-electron chi connectivity index (χ3n) is 2.24. The lowest BCUT2D eigenvalue weighted by Gasteiger charge is -2.03. The third-order valence-corrected chi connectivity index (χ3v) is 2.24. The number of nitrogens with two attached hydrogens (primary N) is 1. The zero-order chi connectivity index (χ0) is 12.1. The maximum Gasteiger partial charge on any atom is 0.219 e. The molecular formula is C12H13N5. The molecule has 17 heavy (non-hydrogen) atoms. The average Bonchev–Trinajstić information content (AvgIpc) is 2.34. The molecule has 0 atom stereocenters. The topological polar surface area (TPSA) is 76.2 Å². The first-order chi connectivity index (χ1) is 8.25. The Labute approximate surface area is 99.4 Å². The number of aromatic nitrogens is 2. The van der Waals surface area contributed by atoms with E-state index in [1.54, 1.807) is 18.6 Å². The first kappa shape index (κ1) is 11.1. The van der Waals surface area contributed by atoms with E-state index in [1.165, 1.54) is 0 Å². The van der Waals surface area contributed by atoms with Crippen LogP contribution in [0.2, 0.25) is 0 Å². The average molecular weight is 227 g/mol. The van der Waals surface area contributed by atoms with E-state index in [0.717, 1.165) is 16.8 Å². The van der Waals surface area contributed by atoms with E-state index in [9.17, 15) is 0 Å². The van der Waals surface area contributed by atoms with Crippen LogP contribution in [0.1, 0.15) is 11.1 Å². The summed E-state index contributed by atoms with van der Waals surface area (Å²) in [7, 11) is 0. The van der Waals surface area contributed by atoms with Crippen molar-refractivity contribution in [2.45, 2.75) is 6.92 Å². The van der Waals surface area contributed by atoms with E-state index in [0.29, 0.717) is 0 Å². The Morgan fingerprint density at radius 2 is 1.94 bits per heavy atom. The quantitative estimate of drug-likeness (QED) is 0.619. The van der Waals surface area contributed by atoms with Crippen LogP contribution in [-0.2, 0) is 0 Å². The molecule has 0 aliphatic rings. The molecule has 0 fully saturated rings. The van der Waals surface area contributed by atoms with Gasteiger partial charge in [0.2, 0.25) is 5.95 Å². The second kappa shape index (κ2) is 5.07. The zero-order valence-corrected chi connectivity index (χ0v) is 9.46. The molecule has 0 bridgehead atoms. The molecule has 0 unspecified atom stereocenters. The zero-order valence-electron chi connectivity index (χ0n) is 9.46. The Morgan fingerprint density at radius 1 is 1.24 bits per heavy atom. The number of hydrogen-bond acceptors (Lipinski definition) is 5. The summed E-state index contributed by atoms with van der Waals surface area (Å²) in [4.78, 5) is 7.74. The third kappa shape index (κ3) is 3.01. The predicted molar refractivity (Wildman–Crippen MR) is 68.8 cm³/mol. The normalized spacial score (nSPS) is 10.6. The summed E-state index contributed by atoms with van der Waals surface area (Å²) in [6, 6.07) is 7.92. The van der Waals surface area contributed by atoms with Gasteiger partial charge in [0.05, 0.1) is 11.9 Å². The lowest BCUT2D eigenvalue weighted by Crippen LogP contribution is -1.97. The molecule has 1 aromatic heterocycles. The first-order valence-corrected chi connectivity index (χ1v) is 5.18. The number of benzene rings is 1. The molecule has 3 N–H and O–H groups in total. The number of hydrazone groups is 1.